The standard InChI is InChI=1S/C19H17N3O3S/c1-12-8-9-14(16(10-12)25-2)20-18(24)15-11-26-19(21-15)22-17(23)13-6-4-3-5-7-13/h3-11H,1-2H3,(H,20,24)(H,21,22,23). The Kier molecular flexibility index (Phi) is 5.28. The summed E-state index contributed by atoms with van der Waals surface area (Å²) in [5, 5.41) is 7.42. The van der Waals surface area contributed by atoms with Gasteiger partial charge in [0, 0.05) is 10.9 Å². The lowest BCUT2D eigenvalue weighted by molar-refractivity contribution is 0.101. The average Bonchev–Trinajstić information content (AvgIpc) is 3.12. The second-order valence-electron chi connectivity index (χ2n) is 5.52. The maximum Gasteiger partial charge on any atom is 0.275 e. The van der Waals surface area contributed by atoms with Gasteiger partial charge in [-0.3, -0.25) is 14.9 Å². The van der Waals surface area contributed by atoms with Crippen molar-refractivity contribution < 1.29 is 14.3 Å². The number of aromatic nitrogens is 1. The lowest BCUT2D eigenvalue weighted by Crippen LogP contribution is -2.14. The Morgan fingerprint density at radius 1 is 1.04 bits per heavy atom. The molecule has 7 heteroatoms. The van der Waals surface area contributed by atoms with Crippen LogP contribution in [0.3, 0.4) is 0 Å². The number of carbonyl (C=O) groups excluding carboxylic acids is 2. The van der Waals surface area contributed by atoms with Crippen molar-refractivity contribution >= 4 is 34.0 Å². The van der Waals surface area contributed by atoms with Gasteiger partial charge in [0.1, 0.15) is 11.4 Å². The summed E-state index contributed by atoms with van der Waals surface area (Å²) in [6, 6.07) is 14.3. The van der Waals surface area contributed by atoms with E-state index < -0.39 is 0 Å². The van der Waals surface area contributed by atoms with Gasteiger partial charge in [-0.15, -0.1) is 11.3 Å². The Morgan fingerprint density at radius 2 is 1.81 bits per heavy atom. The molecule has 1 heterocycles. The molecule has 0 atom stereocenters. The number of benzene rings is 2. The highest BCUT2D eigenvalue weighted by molar-refractivity contribution is 7.14. The highest BCUT2D eigenvalue weighted by atomic mass is 32.1. The van der Waals surface area contributed by atoms with E-state index in [1.54, 1.807) is 42.8 Å². The van der Waals surface area contributed by atoms with Gasteiger partial charge in [0.2, 0.25) is 0 Å². The van der Waals surface area contributed by atoms with Gasteiger partial charge in [-0.1, -0.05) is 24.3 Å². The first-order valence-electron chi connectivity index (χ1n) is 7.85. The van der Waals surface area contributed by atoms with Crippen molar-refractivity contribution in [2.45, 2.75) is 6.92 Å². The maximum absolute atomic E-state index is 12.4. The predicted octanol–water partition coefficient (Wildman–Crippen LogP) is 3.96. The van der Waals surface area contributed by atoms with Crippen LogP contribution in [-0.2, 0) is 0 Å². The number of ether oxygens (including phenoxy) is 1. The number of hydrogen-bond acceptors (Lipinski definition) is 5. The van der Waals surface area contributed by atoms with Crippen molar-refractivity contribution in [3.63, 3.8) is 0 Å². The Morgan fingerprint density at radius 3 is 2.54 bits per heavy atom. The van der Waals surface area contributed by atoms with Gasteiger partial charge in [0.15, 0.2) is 5.13 Å². The first-order valence-corrected chi connectivity index (χ1v) is 8.72. The molecule has 2 amide bonds. The number of rotatable bonds is 5. The zero-order valence-corrected chi connectivity index (χ0v) is 15.1. The molecule has 0 aliphatic heterocycles. The molecule has 132 valence electrons. The van der Waals surface area contributed by atoms with E-state index in [9.17, 15) is 9.59 Å². The Hall–Kier alpha value is -3.19. The minimum absolute atomic E-state index is 0.223. The molecule has 0 spiro atoms. The first kappa shape index (κ1) is 17.6. The molecule has 0 aliphatic rings. The monoisotopic (exact) mass is 367 g/mol. The van der Waals surface area contributed by atoms with Crippen molar-refractivity contribution in [1.82, 2.24) is 4.98 Å². The maximum atomic E-state index is 12.4. The third-order valence-corrected chi connectivity index (χ3v) is 4.36. The molecule has 0 radical (unpaired) electrons. The highest BCUT2D eigenvalue weighted by Gasteiger charge is 2.15. The fourth-order valence-corrected chi connectivity index (χ4v) is 2.97. The Labute approximate surface area is 154 Å². The Bertz CT molecular complexity index is 938. The van der Waals surface area contributed by atoms with Gasteiger partial charge >= 0.3 is 0 Å². The number of amides is 2. The summed E-state index contributed by atoms with van der Waals surface area (Å²) in [6.45, 7) is 1.94. The molecule has 0 fully saturated rings. The number of aryl methyl sites for hydroxylation is 1. The average molecular weight is 367 g/mol. The van der Waals surface area contributed by atoms with Gasteiger partial charge in [0.05, 0.1) is 12.8 Å². The van der Waals surface area contributed by atoms with Crippen LogP contribution in [0.1, 0.15) is 26.4 Å². The molecule has 0 aliphatic carbocycles. The van der Waals surface area contributed by atoms with Crippen LogP contribution in [0.2, 0.25) is 0 Å². The molecule has 6 nitrogen and oxygen atoms in total. The van der Waals surface area contributed by atoms with Crippen LogP contribution in [0.5, 0.6) is 5.75 Å². The summed E-state index contributed by atoms with van der Waals surface area (Å²) in [5.41, 5.74) is 2.34. The molecule has 0 bridgehead atoms. The topological polar surface area (TPSA) is 80.3 Å². The van der Waals surface area contributed by atoms with E-state index in [0.29, 0.717) is 22.1 Å². The van der Waals surface area contributed by atoms with Crippen molar-refractivity contribution in [1.29, 1.82) is 0 Å². The summed E-state index contributed by atoms with van der Waals surface area (Å²) in [6.07, 6.45) is 0. The van der Waals surface area contributed by atoms with Crippen molar-refractivity contribution in [2.75, 3.05) is 17.7 Å². The number of nitrogens with zero attached hydrogens (tertiary/aromatic N) is 1. The molecular formula is C19H17N3O3S. The van der Waals surface area contributed by atoms with E-state index in [0.717, 1.165) is 5.56 Å². The lowest BCUT2D eigenvalue weighted by Gasteiger charge is -2.09. The van der Waals surface area contributed by atoms with Gasteiger partial charge < -0.3 is 10.1 Å². The summed E-state index contributed by atoms with van der Waals surface area (Å²) in [5.74, 6) is -0.0677. The first-order chi connectivity index (χ1) is 12.6. The Balaban J connectivity index is 1.69. The molecule has 0 unspecified atom stereocenters. The SMILES string of the molecule is COc1cc(C)ccc1NC(=O)c1csc(NC(=O)c2ccccc2)n1. The highest BCUT2D eigenvalue weighted by Crippen LogP contribution is 2.26. The van der Waals surface area contributed by atoms with Crippen molar-refractivity contribution in [2.24, 2.45) is 0 Å². The van der Waals surface area contributed by atoms with Crippen LogP contribution in [-0.4, -0.2) is 23.9 Å². The largest absolute Gasteiger partial charge is 0.495 e. The molecular weight excluding hydrogens is 350 g/mol. The summed E-state index contributed by atoms with van der Waals surface area (Å²) in [4.78, 5) is 28.7. The van der Waals surface area contributed by atoms with Gasteiger partial charge in [-0.2, -0.15) is 0 Å². The number of thiazole rings is 1. The molecule has 1 aromatic heterocycles. The van der Waals surface area contributed by atoms with Crippen LogP contribution in [0.25, 0.3) is 0 Å². The summed E-state index contributed by atoms with van der Waals surface area (Å²) < 4.78 is 5.28. The zero-order chi connectivity index (χ0) is 18.5. The molecule has 26 heavy (non-hydrogen) atoms. The third kappa shape index (κ3) is 4.07. The van der Waals surface area contributed by atoms with Gasteiger partial charge in [0.25, 0.3) is 11.8 Å². The van der Waals surface area contributed by atoms with Gasteiger partial charge in [-0.25, -0.2) is 4.98 Å². The number of hydrogen-bond donors (Lipinski definition) is 2. The minimum atomic E-state index is -0.372. The second-order valence-corrected chi connectivity index (χ2v) is 6.37. The lowest BCUT2D eigenvalue weighted by atomic mass is 10.2. The van der Waals surface area contributed by atoms with Crippen LogP contribution >= 0.6 is 11.3 Å². The van der Waals surface area contributed by atoms with E-state index in [4.69, 9.17) is 4.74 Å². The van der Waals surface area contributed by atoms with Gasteiger partial charge in [-0.05, 0) is 36.8 Å². The van der Waals surface area contributed by atoms with Crippen LogP contribution < -0.4 is 15.4 Å². The number of nitrogens with one attached hydrogen (secondary N) is 2. The fraction of sp³-hybridized carbons (Fsp3) is 0.105. The van der Waals surface area contributed by atoms with E-state index in [1.807, 2.05) is 25.1 Å². The van der Waals surface area contributed by atoms with Crippen LogP contribution in [0.15, 0.2) is 53.9 Å². The summed E-state index contributed by atoms with van der Waals surface area (Å²) >= 11 is 1.19. The second kappa shape index (κ2) is 7.79. The number of methoxy groups -OCH3 is 1. The number of anilines is 2. The van der Waals surface area contributed by atoms with Crippen LogP contribution in [0.4, 0.5) is 10.8 Å². The molecule has 0 saturated heterocycles. The fourth-order valence-electron chi connectivity index (χ4n) is 2.28. The normalized spacial score (nSPS) is 10.2. The molecule has 0 saturated carbocycles. The van der Waals surface area contributed by atoms with Crippen molar-refractivity contribution in [3.05, 3.63) is 70.7 Å². The third-order valence-electron chi connectivity index (χ3n) is 3.60. The molecule has 2 aromatic carbocycles. The van der Waals surface area contributed by atoms with Crippen LogP contribution in [0, 0.1) is 6.92 Å². The van der Waals surface area contributed by atoms with E-state index in [-0.39, 0.29) is 17.5 Å². The smallest absolute Gasteiger partial charge is 0.275 e. The number of carbonyl (C=O) groups is 2. The van der Waals surface area contributed by atoms with E-state index in [2.05, 4.69) is 15.6 Å². The van der Waals surface area contributed by atoms with E-state index >= 15 is 0 Å². The van der Waals surface area contributed by atoms with Crippen molar-refractivity contribution in [3.8, 4) is 5.75 Å². The summed E-state index contributed by atoms with van der Waals surface area (Å²) in [7, 11) is 1.55. The zero-order valence-electron chi connectivity index (χ0n) is 14.3. The molecule has 3 aromatic rings. The molecule has 3 rings (SSSR count). The predicted molar refractivity (Wildman–Crippen MR) is 102 cm³/mol. The quantitative estimate of drug-likeness (QED) is 0.715. The molecule has 2 N–H and O–H groups in total. The minimum Gasteiger partial charge on any atom is -0.495 e. The van der Waals surface area contributed by atoms with E-state index in [1.165, 1.54) is 11.3 Å².